The molecule has 0 aromatic heterocycles. The molecule has 1 heterocycles. The Morgan fingerprint density at radius 2 is 1.81 bits per heavy atom. The standard InChI is InChI=1S/C27H28ClNO3/c1-16(2)15-32-27(31)24-17(3)29-22-13-20(18-8-5-4-6-9-18)14-23(30)26(22)25(24)19-10-7-11-21(28)12-19/h4-12,16,20,24-25H,13-15H2,1-3H3/t20-,24?,25-/m0/s1. The third kappa shape index (κ3) is 4.56. The molecule has 166 valence electrons. The molecule has 1 aliphatic heterocycles. The van der Waals surface area contributed by atoms with Crippen molar-refractivity contribution in [3.63, 3.8) is 0 Å². The normalized spacial score (nSPS) is 23.1. The third-order valence-electron chi connectivity index (χ3n) is 6.18. The van der Waals surface area contributed by atoms with E-state index in [1.54, 1.807) is 6.07 Å². The second-order valence-electron chi connectivity index (χ2n) is 9.09. The van der Waals surface area contributed by atoms with Crippen molar-refractivity contribution in [1.29, 1.82) is 0 Å². The van der Waals surface area contributed by atoms with Gasteiger partial charge in [-0.3, -0.25) is 14.6 Å². The molecule has 3 atom stereocenters. The van der Waals surface area contributed by atoms with Gasteiger partial charge in [0.15, 0.2) is 5.78 Å². The van der Waals surface area contributed by atoms with Gasteiger partial charge in [0, 0.05) is 34.3 Å². The number of allylic oxidation sites excluding steroid dienone is 2. The number of carbonyl (C=O) groups is 2. The molecule has 0 amide bonds. The Labute approximate surface area is 194 Å². The van der Waals surface area contributed by atoms with Crippen molar-refractivity contribution in [2.75, 3.05) is 6.61 Å². The summed E-state index contributed by atoms with van der Waals surface area (Å²) in [6.07, 6.45) is 1.08. The van der Waals surface area contributed by atoms with Gasteiger partial charge in [-0.05, 0) is 48.4 Å². The highest BCUT2D eigenvalue weighted by Crippen LogP contribution is 2.47. The maximum atomic E-state index is 13.5. The summed E-state index contributed by atoms with van der Waals surface area (Å²) >= 11 is 6.30. The van der Waals surface area contributed by atoms with Gasteiger partial charge >= 0.3 is 5.97 Å². The van der Waals surface area contributed by atoms with E-state index in [0.29, 0.717) is 35.8 Å². The monoisotopic (exact) mass is 449 g/mol. The molecule has 1 aliphatic carbocycles. The van der Waals surface area contributed by atoms with E-state index in [4.69, 9.17) is 21.3 Å². The zero-order chi connectivity index (χ0) is 22.8. The van der Waals surface area contributed by atoms with Crippen molar-refractivity contribution in [2.45, 2.75) is 45.4 Å². The Balaban J connectivity index is 1.77. The van der Waals surface area contributed by atoms with Crippen LogP contribution in [0.2, 0.25) is 5.02 Å². The SMILES string of the molecule is CC1=NC2=C(C(=O)C[C@@H](c3ccccc3)C2)[C@@H](c2cccc(Cl)c2)C1C(=O)OCC(C)C. The minimum absolute atomic E-state index is 0.0444. The number of hydrogen-bond acceptors (Lipinski definition) is 4. The predicted molar refractivity (Wildman–Crippen MR) is 127 cm³/mol. The van der Waals surface area contributed by atoms with Crippen molar-refractivity contribution in [3.8, 4) is 0 Å². The molecule has 0 saturated carbocycles. The molecule has 4 nitrogen and oxygen atoms in total. The van der Waals surface area contributed by atoms with E-state index < -0.39 is 11.8 Å². The van der Waals surface area contributed by atoms with Crippen LogP contribution in [0.3, 0.4) is 0 Å². The molecule has 5 heteroatoms. The van der Waals surface area contributed by atoms with Gasteiger partial charge in [0.1, 0.15) is 5.92 Å². The van der Waals surface area contributed by atoms with Crippen LogP contribution in [0.4, 0.5) is 0 Å². The molecule has 0 saturated heterocycles. The minimum Gasteiger partial charge on any atom is -0.465 e. The molecule has 2 aliphatic rings. The van der Waals surface area contributed by atoms with Crippen LogP contribution in [0.5, 0.6) is 0 Å². The van der Waals surface area contributed by atoms with Gasteiger partial charge in [0.25, 0.3) is 0 Å². The number of carbonyl (C=O) groups excluding carboxylic acids is 2. The number of rotatable bonds is 5. The minimum atomic E-state index is -0.636. The Morgan fingerprint density at radius 1 is 1.09 bits per heavy atom. The lowest BCUT2D eigenvalue weighted by atomic mass is 9.69. The van der Waals surface area contributed by atoms with Crippen molar-refractivity contribution in [2.24, 2.45) is 16.8 Å². The van der Waals surface area contributed by atoms with E-state index in [9.17, 15) is 9.59 Å². The van der Waals surface area contributed by atoms with Gasteiger partial charge in [-0.25, -0.2) is 0 Å². The quantitative estimate of drug-likeness (QED) is 0.517. The molecule has 4 rings (SSSR count). The smallest absolute Gasteiger partial charge is 0.315 e. The van der Waals surface area contributed by atoms with Crippen LogP contribution in [0, 0.1) is 11.8 Å². The fourth-order valence-corrected chi connectivity index (χ4v) is 4.92. The number of Topliss-reactive ketones (excluding diaryl/α,β-unsaturated/α-hetero) is 1. The van der Waals surface area contributed by atoms with Crippen LogP contribution in [-0.4, -0.2) is 24.1 Å². The molecule has 0 radical (unpaired) electrons. The van der Waals surface area contributed by atoms with Crippen LogP contribution in [-0.2, 0) is 14.3 Å². The highest BCUT2D eigenvalue weighted by molar-refractivity contribution is 6.30. The molecule has 2 aromatic carbocycles. The maximum absolute atomic E-state index is 13.5. The van der Waals surface area contributed by atoms with Gasteiger partial charge < -0.3 is 4.74 Å². The summed E-state index contributed by atoms with van der Waals surface area (Å²) in [7, 11) is 0. The van der Waals surface area contributed by atoms with Crippen molar-refractivity contribution < 1.29 is 14.3 Å². The number of nitrogens with zero attached hydrogens (tertiary/aromatic N) is 1. The highest BCUT2D eigenvalue weighted by atomic mass is 35.5. The molecule has 0 N–H and O–H groups in total. The first-order valence-electron chi connectivity index (χ1n) is 11.1. The van der Waals surface area contributed by atoms with Crippen LogP contribution in [0.15, 0.2) is 70.9 Å². The molecule has 2 aromatic rings. The second kappa shape index (κ2) is 9.41. The van der Waals surface area contributed by atoms with E-state index in [-0.39, 0.29) is 23.6 Å². The Bertz CT molecular complexity index is 1090. The van der Waals surface area contributed by atoms with Crippen LogP contribution in [0.1, 0.15) is 56.6 Å². The average molecular weight is 450 g/mol. The number of ketones is 1. The summed E-state index contributed by atoms with van der Waals surface area (Å²) in [6.45, 7) is 6.19. The third-order valence-corrected chi connectivity index (χ3v) is 6.42. The average Bonchev–Trinajstić information content (AvgIpc) is 2.77. The summed E-state index contributed by atoms with van der Waals surface area (Å²) < 4.78 is 5.61. The molecule has 0 fully saturated rings. The first-order chi connectivity index (χ1) is 15.3. The Hall–Kier alpha value is -2.72. The van der Waals surface area contributed by atoms with E-state index in [1.165, 1.54) is 0 Å². The number of esters is 1. The van der Waals surface area contributed by atoms with Gasteiger partial charge in [0.2, 0.25) is 0 Å². The summed E-state index contributed by atoms with van der Waals surface area (Å²) in [5.41, 5.74) is 4.08. The molecular weight excluding hydrogens is 422 g/mol. The van der Waals surface area contributed by atoms with Gasteiger partial charge in [-0.2, -0.15) is 0 Å². The lowest BCUT2D eigenvalue weighted by Crippen LogP contribution is -2.38. The van der Waals surface area contributed by atoms with Crippen molar-refractivity contribution >= 4 is 29.1 Å². The number of hydrogen-bond donors (Lipinski definition) is 0. The summed E-state index contributed by atoms with van der Waals surface area (Å²) in [4.78, 5) is 31.5. The molecular formula is C27H28ClNO3. The largest absolute Gasteiger partial charge is 0.465 e. The fraction of sp³-hybridized carbons (Fsp3) is 0.370. The highest BCUT2D eigenvalue weighted by Gasteiger charge is 2.44. The predicted octanol–water partition coefficient (Wildman–Crippen LogP) is 6.11. The lowest BCUT2D eigenvalue weighted by Gasteiger charge is -2.36. The first-order valence-corrected chi connectivity index (χ1v) is 11.5. The van der Waals surface area contributed by atoms with Crippen molar-refractivity contribution in [1.82, 2.24) is 0 Å². The van der Waals surface area contributed by atoms with Crippen LogP contribution in [0.25, 0.3) is 0 Å². The molecule has 0 spiro atoms. The van der Waals surface area contributed by atoms with E-state index in [0.717, 1.165) is 16.8 Å². The maximum Gasteiger partial charge on any atom is 0.315 e. The number of benzene rings is 2. The number of halogens is 1. The summed E-state index contributed by atoms with van der Waals surface area (Å²) in [6, 6.07) is 17.5. The van der Waals surface area contributed by atoms with Crippen molar-refractivity contribution in [3.05, 3.63) is 82.0 Å². The lowest BCUT2D eigenvalue weighted by molar-refractivity contribution is -0.147. The zero-order valence-corrected chi connectivity index (χ0v) is 19.4. The summed E-state index contributed by atoms with van der Waals surface area (Å²) in [5.74, 6) is -1.06. The second-order valence-corrected chi connectivity index (χ2v) is 9.52. The fourth-order valence-electron chi connectivity index (χ4n) is 4.72. The molecule has 0 bridgehead atoms. The Kier molecular flexibility index (Phi) is 6.61. The molecule has 1 unspecified atom stereocenters. The first kappa shape index (κ1) is 22.5. The van der Waals surface area contributed by atoms with E-state index in [2.05, 4.69) is 12.1 Å². The zero-order valence-electron chi connectivity index (χ0n) is 18.7. The molecule has 32 heavy (non-hydrogen) atoms. The topological polar surface area (TPSA) is 55.7 Å². The van der Waals surface area contributed by atoms with Gasteiger partial charge in [-0.15, -0.1) is 0 Å². The van der Waals surface area contributed by atoms with Crippen LogP contribution < -0.4 is 0 Å². The number of ether oxygens (including phenoxy) is 1. The van der Waals surface area contributed by atoms with Crippen LogP contribution >= 0.6 is 11.6 Å². The van der Waals surface area contributed by atoms with Gasteiger partial charge in [-0.1, -0.05) is 67.9 Å². The van der Waals surface area contributed by atoms with E-state index in [1.807, 2.05) is 57.2 Å². The van der Waals surface area contributed by atoms with E-state index >= 15 is 0 Å². The summed E-state index contributed by atoms with van der Waals surface area (Å²) in [5, 5.41) is 0.574. The number of aliphatic imine (C=N–C) groups is 1. The van der Waals surface area contributed by atoms with Gasteiger partial charge in [0.05, 0.1) is 6.61 Å². The Morgan fingerprint density at radius 3 is 2.50 bits per heavy atom.